The molecule has 132 valence electrons. The average molecular weight is 382 g/mol. The Morgan fingerprint density at radius 2 is 1.92 bits per heavy atom. The Kier molecular flexibility index (Phi) is 6.67. The highest BCUT2D eigenvalue weighted by Crippen LogP contribution is 2.25. The first kappa shape index (κ1) is 19.1. The zero-order valence-corrected chi connectivity index (χ0v) is 15.2. The molecule has 2 rings (SSSR count). The Bertz CT molecular complexity index is 779. The molecule has 0 radical (unpaired) electrons. The fourth-order valence-corrected chi connectivity index (χ4v) is 2.45. The minimum Gasteiger partial charge on any atom is -0.481 e. The van der Waals surface area contributed by atoms with Crippen LogP contribution in [0.1, 0.15) is 24.2 Å². The quantitative estimate of drug-likeness (QED) is 0.743. The number of carbonyl (C=O) groups excluding carboxylic acids is 2. The summed E-state index contributed by atoms with van der Waals surface area (Å²) in [5.74, 6) is -0.445. The van der Waals surface area contributed by atoms with Gasteiger partial charge in [0.2, 0.25) is 0 Å². The van der Waals surface area contributed by atoms with Crippen molar-refractivity contribution < 1.29 is 19.1 Å². The van der Waals surface area contributed by atoms with Crippen LogP contribution < -0.4 is 10.1 Å². The van der Waals surface area contributed by atoms with Crippen LogP contribution in [0.5, 0.6) is 5.75 Å². The van der Waals surface area contributed by atoms with Crippen LogP contribution in [0.25, 0.3) is 0 Å². The number of amides is 1. The molecule has 0 spiro atoms. The summed E-state index contributed by atoms with van der Waals surface area (Å²) in [6.07, 6.45) is -0.802. The van der Waals surface area contributed by atoms with Crippen LogP contribution in [0.2, 0.25) is 10.0 Å². The lowest BCUT2D eigenvalue weighted by atomic mass is 10.2. The van der Waals surface area contributed by atoms with E-state index in [0.29, 0.717) is 27.0 Å². The van der Waals surface area contributed by atoms with E-state index in [1.54, 1.807) is 44.2 Å². The van der Waals surface area contributed by atoms with E-state index in [2.05, 4.69) is 5.32 Å². The summed E-state index contributed by atoms with van der Waals surface area (Å²) in [5.41, 5.74) is 0.791. The summed E-state index contributed by atoms with van der Waals surface area (Å²) in [6.45, 7) is 3.60. The molecule has 7 heteroatoms. The fraction of sp³-hybridized carbons (Fsp3) is 0.222. The predicted molar refractivity (Wildman–Crippen MR) is 97.6 cm³/mol. The van der Waals surface area contributed by atoms with Crippen LogP contribution in [0.4, 0.5) is 5.69 Å². The third-order valence-electron chi connectivity index (χ3n) is 3.22. The Morgan fingerprint density at radius 3 is 2.60 bits per heavy atom. The normalized spacial score (nSPS) is 11.5. The molecule has 0 aliphatic heterocycles. The van der Waals surface area contributed by atoms with Gasteiger partial charge in [-0.05, 0) is 50.2 Å². The summed E-state index contributed by atoms with van der Waals surface area (Å²) in [4.78, 5) is 24.0. The van der Waals surface area contributed by atoms with Crippen molar-refractivity contribution in [1.82, 2.24) is 0 Å². The van der Waals surface area contributed by atoms with Gasteiger partial charge in [0.1, 0.15) is 5.75 Å². The molecule has 25 heavy (non-hydrogen) atoms. The van der Waals surface area contributed by atoms with E-state index in [9.17, 15) is 9.59 Å². The van der Waals surface area contributed by atoms with E-state index in [4.69, 9.17) is 32.7 Å². The summed E-state index contributed by atoms with van der Waals surface area (Å²) in [5, 5.41) is 3.47. The third kappa shape index (κ3) is 5.37. The Balaban J connectivity index is 2.03. The number of anilines is 1. The first-order chi connectivity index (χ1) is 11.9. The number of rotatable bonds is 6. The number of ether oxygens (including phenoxy) is 2. The highest BCUT2D eigenvalue weighted by Gasteiger charge is 2.17. The van der Waals surface area contributed by atoms with Crippen LogP contribution >= 0.6 is 23.2 Å². The lowest BCUT2D eigenvalue weighted by molar-refractivity contribution is -0.122. The van der Waals surface area contributed by atoms with Gasteiger partial charge in [0.25, 0.3) is 5.91 Å². The van der Waals surface area contributed by atoms with Crippen molar-refractivity contribution >= 4 is 40.8 Å². The molecule has 0 fully saturated rings. The number of nitrogens with one attached hydrogen (secondary N) is 1. The van der Waals surface area contributed by atoms with Gasteiger partial charge in [-0.1, -0.05) is 29.3 Å². The summed E-state index contributed by atoms with van der Waals surface area (Å²) in [6, 6.07) is 11.2. The van der Waals surface area contributed by atoms with Crippen molar-refractivity contribution in [2.24, 2.45) is 0 Å². The molecule has 1 N–H and O–H groups in total. The second-order valence-electron chi connectivity index (χ2n) is 5.12. The molecule has 0 bridgehead atoms. The predicted octanol–water partition coefficient (Wildman–Crippen LogP) is 4.58. The Labute approximate surface area is 155 Å². The Hall–Kier alpha value is -2.24. The van der Waals surface area contributed by atoms with Crippen molar-refractivity contribution in [2.45, 2.75) is 20.0 Å². The van der Waals surface area contributed by atoms with Crippen molar-refractivity contribution in [2.75, 3.05) is 11.9 Å². The fourth-order valence-electron chi connectivity index (χ4n) is 1.99. The number of esters is 1. The number of hydrogen-bond acceptors (Lipinski definition) is 4. The van der Waals surface area contributed by atoms with Crippen LogP contribution in [0.3, 0.4) is 0 Å². The molecule has 2 aromatic carbocycles. The molecule has 0 aliphatic carbocycles. The maximum Gasteiger partial charge on any atom is 0.338 e. The minimum atomic E-state index is -0.802. The van der Waals surface area contributed by atoms with E-state index >= 15 is 0 Å². The molecular weight excluding hydrogens is 365 g/mol. The van der Waals surface area contributed by atoms with E-state index < -0.39 is 12.1 Å². The van der Waals surface area contributed by atoms with Gasteiger partial charge in [-0.2, -0.15) is 0 Å². The van der Waals surface area contributed by atoms with Gasteiger partial charge < -0.3 is 14.8 Å². The number of carbonyl (C=O) groups is 2. The maximum absolute atomic E-state index is 12.3. The van der Waals surface area contributed by atoms with Crippen LogP contribution in [0.15, 0.2) is 42.5 Å². The molecule has 0 heterocycles. The molecule has 0 saturated carbocycles. The molecule has 0 aromatic heterocycles. The highest BCUT2D eigenvalue weighted by molar-refractivity contribution is 6.36. The standard InChI is InChI=1S/C18H17Cl2NO4/c1-3-24-18(23)12-5-4-6-14(9-12)25-11(2)17(22)21-16-8-7-13(19)10-15(16)20/h4-11H,3H2,1-2H3,(H,21,22)/t11-/m1/s1. The van der Waals surface area contributed by atoms with E-state index in [0.717, 1.165) is 0 Å². The molecule has 0 saturated heterocycles. The third-order valence-corrected chi connectivity index (χ3v) is 3.76. The largest absolute Gasteiger partial charge is 0.481 e. The number of halogens is 2. The van der Waals surface area contributed by atoms with Gasteiger partial charge in [0.05, 0.1) is 22.9 Å². The van der Waals surface area contributed by atoms with Gasteiger partial charge in [0, 0.05) is 5.02 Å². The Morgan fingerprint density at radius 1 is 1.16 bits per heavy atom. The molecule has 5 nitrogen and oxygen atoms in total. The van der Waals surface area contributed by atoms with Crippen LogP contribution in [-0.4, -0.2) is 24.6 Å². The number of benzene rings is 2. The van der Waals surface area contributed by atoms with Gasteiger partial charge >= 0.3 is 5.97 Å². The maximum atomic E-state index is 12.3. The minimum absolute atomic E-state index is 0.282. The van der Waals surface area contributed by atoms with Crippen molar-refractivity contribution in [3.05, 3.63) is 58.1 Å². The molecule has 0 unspecified atom stereocenters. The summed E-state index contributed by atoms with van der Waals surface area (Å²) >= 11 is 11.9. The van der Waals surface area contributed by atoms with Crippen molar-refractivity contribution in [3.63, 3.8) is 0 Å². The summed E-state index contributed by atoms with van der Waals surface area (Å²) < 4.78 is 10.5. The second kappa shape index (κ2) is 8.74. The zero-order valence-electron chi connectivity index (χ0n) is 13.7. The van der Waals surface area contributed by atoms with Gasteiger partial charge in [-0.3, -0.25) is 4.79 Å². The smallest absolute Gasteiger partial charge is 0.338 e. The van der Waals surface area contributed by atoms with Gasteiger partial charge in [-0.25, -0.2) is 4.79 Å². The topological polar surface area (TPSA) is 64.6 Å². The number of hydrogen-bond donors (Lipinski definition) is 1. The second-order valence-corrected chi connectivity index (χ2v) is 5.97. The first-order valence-electron chi connectivity index (χ1n) is 7.60. The lowest BCUT2D eigenvalue weighted by Crippen LogP contribution is -2.30. The first-order valence-corrected chi connectivity index (χ1v) is 8.36. The van der Waals surface area contributed by atoms with Crippen molar-refractivity contribution in [3.8, 4) is 5.75 Å². The molecule has 2 aromatic rings. The average Bonchev–Trinajstić information content (AvgIpc) is 2.57. The molecule has 0 aliphatic rings. The molecular formula is C18H17Cl2NO4. The highest BCUT2D eigenvalue weighted by atomic mass is 35.5. The molecule has 1 atom stereocenters. The molecule has 1 amide bonds. The van der Waals surface area contributed by atoms with Crippen molar-refractivity contribution in [1.29, 1.82) is 0 Å². The van der Waals surface area contributed by atoms with E-state index in [-0.39, 0.29) is 12.5 Å². The van der Waals surface area contributed by atoms with Gasteiger partial charge in [-0.15, -0.1) is 0 Å². The SMILES string of the molecule is CCOC(=O)c1cccc(O[C@H](C)C(=O)Nc2ccc(Cl)cc2Cl)c1. The lowest BCUT2D eigenvalue weighted by Gasteiger charge is -2.16. The summed E-state index contributed by atoms with van der Waals surface area (Å²) in [7, 11) is 0. The van der Waals surface area contributed by atoms with Crippen LogP contribution in [0, 0.1) is 0 Å². The zero-order chi connectivity index (χ0) is 18.4. The van der Waals surface area contributed by atoms with E-state index in [1.165, 1.54) is 12.1 Å². The van der Waals surface area contributed by atoms with Crippen LogP contribution in [-0.2, 0) is 9.53 Å². The van der Waals surface area contributed by atoms with Gasteiger partial charge in [0.15, 0.2) is 6.10 Å². The van der Waals surface area contributed by atoms with E-state index in [1.807, 2.05) is 0 Å². The monoisotopic (exact) mass is 381 g/mol.